The summed E-state index contributed by atoms with van der Waals surface area (Å²) in [5.74, 6) is 0.818. The molecule has 2 N–H and O–H groups in total. The summed E-state index contributed by atoms with van der Waals surface area (Å²) in [5, 5.41) is 0. The van der Waals surface area contributed by atoms with Gasteiger partial charge in [-0.05, 0) is 76.9 Å². The van der Waals surface area contributed by atoms with Gasteiger partial charge in [-0.25, -0.2) is 8.42 Å². The van der Waals surface area contributed by atoms with Crippen LogP contribution in [0.15, 0.2) is 62.9 Å². The molecule has 9 heteroatoms. The van der Waals surface area contributed by atoms with Gasteiger partial charge in [-0.15, -0.1) is 6.58 Å². The number of hydrogen-bond acceptors (Lipinski definition) is 5. The summed E-state index contributed by atoms with van der Waals surface area (Å²) >= 11 is 7.00. The van der Waals surface area contributed by atoms with Gasteiger partial charge in [-0.3, -0.25) is 0 Å². The van der Waals surface area contributed by atoms with E-state index in [1.165, 1.54) is 12.1 Å². The summed E-state index contributed by atoms with van der Waals surface area (Å²) in [6.45, 7) is 15.1. The Balaban J connectivity index is 0.000000389. The molecule has 6 nitrogen and oxygen atoms in total. The quantitative estimate of drug-likeness (QED) is 0.170. The van der Waals surface area contributed by atoms with E-state index in [9.17, 15) is 13.0 Å². The monoisotopic (exact) mass is 590 g/mol. The van der Waals surface area contributed by atoms with Crippen LogP contribution in [0.25, 0.3) is 0 Å². The summed E-state index contributed by atoms with van der Waals surface area (Å²) in [6, 6.07) is 9.50. The van der Waals surface area contributed by atoms with Crippen molar-refractivity contribution in [3.63, 3.8) is 0 Å². The van der Waals surface area contributed by atoms with E-state index in [0.717, 1.165) is 57.3 Å². The third-order valence-electron chi connectivity index (χ3n) is 5.29. The van der Waals surface area contributed by atoms with E-state index in [-0.39, 0.29) is 4.90 Å². The fourth-order valence-corrected chi connectivity index (χ4v) is 5.02. The molecule has 0 atom stereocenters. The Morgan fingerprint density at radius 1 is 1.09 bits per heavy atom. The Morgan fingerprint density at radius 3 is 2.06 bits per heavy atom. The molecule has 0 fully saturated rings. The van der Waals surface area contributed by atoms with E-state index >= 15 is 0 Å². The Kier molecular flexibility index (Phi) is 11.9. The first-order valence-corrected chi connectivity index (χ1v) is 13.3. The van der Waals surface area contributed by atoms with Gasteiger partial charge in [0.25, 0.3) is 0 Å². The van der Waals surface area contributed by atoms with E-state index in [2.05, 4.69) is 52.3 Å². The highest BCUT2D eigenvalue weighted by molar-refractivity contribution is 9.11. The summed E-state index contributed by atoms with van der Waals surface area (Å²) in [6.07, 6.45) is 3.03. The molecule has 0 radical (unpaired) electrons. The molecule has 2 aromatic carbocycles. The van der Waals surface area contributed by atoms with Gasteiger partial charge >= 0.3 is 0 Å². The molecule has 0 spiro atoms. The molecular formula is C23H32Br2N2O4S. The highest BCUT2D eigenvalue weighted by atomic mass is 79.9. The molecule has 0 aliphatic rings. The summed E-state index contributed by atoms with van der Waals surface area (Å²) in [5.41, 5.74) is 7.43. The van der Waals surface area contributed by atoms with Gasteiger partial charge < -0.3 is 19.5 Å². The highest BCUT2D eigenvalue weighted by Crippen LogP contribution is 2.35. The molecule has 2 aromatic rings. The van der Waals surface area contributed by atoms with Crippen LogP contribution in [0, 0.1) is 6.92 Å². The van der Waals surface area contributed by atoms with E-state index < -0.39 is 10.1 Å². The molecule has 0 saturated heterocycles. The Morgan fingerprint density at radius 2 is 1.62 bits per heavy atom. The number of nitrogen functional groups attached to an aromatic ring is 1. The van der Waals surface area contributed by atoms with Gasteiger partial charge in [0.1, 0.15) is 29.0 Å². The number of halogens is 2. The summed E-state index contributed by atoms with van der Waals surface area (Å²) in [7, 11) is -4.27. The predicted octanol–water partition coefficient (Wildman–Crippen LogP) is 5.50. The number of ether oxygens (including phenoxy) is 1. The topological polar surface area (TPSA) is 92.5 Å². The summed E-state index contributed by atoms with van der Waals surface area (Å²) < 4.78 is 40.0. The van der Waals surface area contributed by atoms with Crippen LogP contribution in [0.5, 0.6) is 5.75 Å². The van der Waals surface area contributed by atoms with Crippen LogP contribution >= 0.6 is 31.9 Å². The molecule has 0 aliphatic carbocycles. The lowest BCUT2D eigenvalue weighted by Crippen LogP contribution is -2.50. The smallest absolute Gasteiger partial charge is 0.148 e. The lowest BCUT2D eigenvalue weighted by Gasteiger charge is -2.36. The van der Waals surface area contributed by atoms with Crippen LogP contribution < -0.4 is 10.5 Å². The molecule has 0 saturated carbocycles. The summed E-state index contributed by atoms with van der Waals surface area (Å²) in [4.78, 5) is -0.178. The maximum absolute atomic E-state index is 10.4. The van der Waals surface area contributed by atoms with E-state index in [1.54, 1.807) is 12.1 Å². The second kappa shape index (κ2) is 13.3. The van der Waals surface area contributed by atoms with E-state index in [0.29, 0.717) is 12.3 Å². The van der Waals surface area contributed by atoms with E-state index in [4.69, 9.17) is 10.5 Å². The molecule has 0 heterocycles. The van der Waals surface area contributed by atoms with Crippen molar-refractivity contribution in [2.45, 2.75) is 32.1 Å². The van der Waals surface area contributed by atoms with Crippen LogP contribution in [0.1, 0.15) is 25.8 Å². The van der Waals surface area contributed by atoms with Gasteiger partial charge in [0.2, 0.25) is 0 Å². The third kappa shape index (κ3) is 9.23. The number of aryl methyl sites for hydroxylation is 1. The van der Waals surface area contributed by atoms with Crippen molar-refractivity contribution < 1.29 is 22.2 Å². The van der Waals surface area contributed by atoms with Gasteiger partial charge in [0.15, 0.2) is 0 Å². The normalized spacial score (nSPS) is 11.4. The SMILES string of the molecule is C=CCC[N+](CC)(CC)CCOc1c(Br)cc(N)cc1Br.Cc1ccc(S(=O)(=O)[O-])cc1. The van der Waals surface area contributed by atoms with Gasteiger partial charge in [0, 0.05) is 12.1 Å². The number of nitrogens with two attached hydrogens (primary N) is 1. The number of likely N-dealkylation sites (N-methyl/N-ethyl adjacent to an activating group) is 1. The molecule has 178 valence electrons. The zero-order valence-corrected chi connectivity index (χ0v) is 22.8. The average molecular weight is 592 g/mol. The van der Waals surface area contributed by atoms with Crippen LogP contribution in [-0.2, 0) is 10.1 Å². The minimum atomic E-state index is -4.27. The van der Waals surface area contributed by atoms with Crippen molar-refractivity contribution in [2.75, 3.05) is 38.5 Å². The first-order valence-electron chi connectivity index (χ1n) is 10.3. The number of rotatable bonds is 10. The van der Waals surface area contributed by atoms with Gasteiger partial charge in [0.05, 0.1) is 33.5 Å². The predicted molar refractivity (Wildman–Crippen MR) is 137 cm³/mol. The number of hydrogen-bond donors (Lipinski definition) is 1. The van der Waals surface area contributed by atoms with Crippen LogP contribution in [0.2, 0.25) is 0 Å². The molecule has 0 amide bonds. The fraction of sp³-hybridized carbons (Fsp3) is 0.391. The number of anilines is 1. The molecule has 32 heavy (non-hydrogen) atoms. The molecule has 0 aliphatic heterocycles. The molecule has 2 rings (SSSR count). The first kappa shape index (κ1) is 28.6. The van der Waals surface area contributed by atoms with Crippen molar-refractivity contribution in [2.24, 2.45) is 0 Å². The molecular weight excluding hydrogens is 560 g/mol. The number of nitrogens with zero attached hydrogens (tertiary/aromatic N) is 1. The van der Waals surface area contributed by atoms with Crippen LogP contribution in [-0.4, -0.2) is 50.2 Å². The Labute approximate surface area is 209 Å². The lowest BCUT2D eigenvalue weighted by atomic mass is 10.2. The van der Waals surface area contributed by atoms with Gasteiger partial charge in [-0.1, -0.05) is 23.8 Å². The third-order valence-corrected chi connectivity index (χ3v) is 7.32. The average Bonchev–Trinajstić information content (AvgIpc) is 2.72. The standard InChI is InChI=1S/C16H25Br2N2O.C7H8O3S/c1-4-7-8-20(5-2,6-3)9-10-21-16-14(17)11-13(19)12-15(16)18;1-6-2-4-7(5-3-6)11(8,9)10/h4,11-12H,1,5-10,19H2,2-3H3;2-5H,1H3,(H,8,9,10)/q+1;/p-1. The molecule has 0 unspecified atom stereocenters. The minimum absolute atomic E-state index is 0.178. The maximum atomic E-state index is 10.4. The highest BCUT2D eigenvalue weighted by Gasteiger charge is 2.22. The lowest BCUT2D eigenvalue weighted by molar-refractivity contribution is -0.924. The zero-order valence-electron chi connectivity index (χ0n) is 18.8. The Bertz CT molecular complexity index is 953. The van der Waals surface area contributed by atoms with Gasteiger partial charge in [-0.2, -0.15) is 0 Å². The molecule has 0 aromatic heterocycles. The second-order valence-electron chi connectivity index (χ2n) is 7.43. The molecule has 0 bridgehead atoms. The minimum Gasteiger partial charge on any atom is -0.744 e. The van der Waals surface area contributed by atoms with Crippen molar-refractivity contribution in [3.8, 4) is 5.75 Å². The number of quaternary nitrogens is 1. The van der Waals surface area contributed by atoms with Crippen LogP contribution in [0.3, 0.4) is 0 Å². The van der Waals surface area contributed by atoms with Crippen molar-refractivity contribution in [3.05, 3.63) is 63.6 Å². The fourth-order valence-electron chi connectivity index (χ4n) is 3.10. The largest absolute Gasteiger partial charge is 0.744 e. The Hall–Kier alpha value is -1.39. The first-order chi connectivity index (χ1) is 15.0. The van der Waals surface area contributed by atoms with E-state index in [1.807, 2.05) is 25.1 Å². The van der Waals surface area contributed by atoms with Crippen molar-refractivity contribution in [1.29, 1.82) is 0 Å². The van der Waals surface area contributed by atoms with Crippen LogP contribution in [0.4, 0.5) is 5.69 Å². The second-order valence-corrected chi connectivity index (χ2v) is 10.5. The zero-order chi connectivity index (χ0) is 24.4. The maximum Gasteiger partial charge on any atom is 0.148 e. The van der Waals surface area contributed by atoms with Crippen molar-refractivity contribution >= 4 is 47.7 Å². The van der Waals surface area contributed by atoms with Crippen molar-refractivity contribution in [1.82, 2.24) is 0 Å². The number of benzene rings is 2.